The molecule has 0 aliphatic carbocycles. The topological polar surface area (TPSA) is 21.3 Å². The highest BCUT2D eigenvalue weighted by Crippen LogP contribution is 2.27. The van der Waals surface area contributed by atoms with Crippen LogP contribution in [0.1, 0.15) is 24.8 Å². The van der Waals surface area contributed by atoms with Crippen LogP contribution in [0.4, 0.5) is 0 Å². The van der Waals surface area contributed by atoms with Gasteiger partial charge in [0.15, 0.2) is 0 Å². The molecule has 1 N–H and O–H groups in total. The highest BCUT2D eigenvalue weighted by atomic mass is 32.1. The van der Waals surface area contributed by atoms with E-state index in [0.717, 1.165) is 19.8 Å². The first-order valence-corrected chi connectivity index (χ1v) is 5.92. The molecule has 2 nitrogen and oxygen atoms in total. The molecule has 2 rings (SSSR count). The molecule has 78 valence electrons. The third-order valence-electron chi connectivity index (χ3n) is 2.71. The van der Waals surface area contributed by atoms with Gasteiger partial charge in [0, 0.05) is 22.9 Å². The first-order chi connectivity index (χ1) is 6.70. The zero-order valence-corrected chi connectivity index (χ0v) is 9.56. The van der Waals surface area contributed by atoms with Crippen molar-refractivity contribution in [1.82, 2.24) is 5.32 Å². The van der Waals surface area contributed by atoms with E-state index in [1.165, 1.54) is 4.88 Å². The van der Waals surface area contributed by atoms with Crippen LogP contribution in [0, 0.1) is 5.41 Å². The predicted octanol–water partition coefficient (Wildman–Crippen LogP) is 2.44. The second-order valence-electron chi connectivity index (χ2n) is 4.42. The lowest BCUT2D eigenvalue weighted by Crippen LogP contribution is -2.47. The fraction of sp³-hybridized carbons (Fsp3) is 0.636. The number of thiophene rings is 1. The van der Waals surface area contributed by atoms with Gasteiger partial charge in [0.05, 0.1) is 13.2 Å². The summed E-state index contributed by atoms with van der Waals surface area (Å²) < 4.78 is 5.22. The maximum absolute atomic E-state index is 5.22. The average molecular weight is 211 g/mol. The fourth-order valence-corrected chi connectivity index (χ4v) is 2.35. The van der Waals surface area contributed by atoms with Crippen molar-refractivity contribution in [2.75, 3.05) is 19.8 Å². The van der Waals surface area contributed by atoms with Crippen LogP contribution >= 0.6 is 11.3 Å². The van der Waals surface area contributed by atoms with Gasteiger partial charge in [0.1, 0.15) is 0 Å². The zero-order valence-electron chi connectivity index (χ0n) is 8.75. The minimum absolute atomic E-state index is 0.367. The molecule has 1 aliphatic rings. The highest BCUT2D eigenvalue weighted by Gasteiger charge is 2.33. The van der Waals surface area contributed by atoms with Gasteiger partial charge < -0.3 is 10.1 Å². The molecule has 1 saturated heterocycles. The summed E-state index contributed by atoms with van der Waals surface area (Å²) in [5, 5.41) is 5.68. The molecule has 0 unspecified atom stereocenters. The van der Waals surface area contributed by atoms with Crippen LogP contribution in [0.3, 0.4) is 0 Å². The Bertz CT molecular complexity index is 279. The van der Waals surface area contributed by atoms with E-state index in [1.54, 1.807) is 0 Å². The zero-order chi connectivity index (χ0) is 10.0. The maximum atomic E-state index is 5.22. The van der Waals surface area contributed by atoms with Gasteiger partial charge in [-0.3, -0.25) is 0 Å². The lowest BCUT2D eigenvalue weighted by Gasteiger charge is -2.38. The Labute approximate surface area is 89.3 Å². The molecule has 0 bridgehead atoms. The van der Waals surface area contributed by atoms with Crippen LogP contribution < -0.4 is 5.32 Å². The Morgan fingerprint density at radius 3 is 2.93 bits per heavy atom. The first-order valence-electron chi connectivity index (χ1n) is 5.04. The SMILES string of the molecule is C[C@@H](NCC1(C)COC1)c1cccs1. The molecule has 0 spiro atoms. The van der Waals surface area contributed by atoms with E-state index in [0.29, 0.717) is 11.5 Å². The van der Waals surface area contributed by atoms with Gasteiger partial charge in [-0.15, -0.1) is 11.3 Å². The standard InChI is InChI=1S/C11H17NOS/c1-9(10-4-3-5-14-10)12-6-11(2)7-13-8-11/h3-5,9,12H,6-8H2,1-2H3/t9-/m1/s1. The van der Waals surface area contributed by atoms with Gasteiger partial charge in [-0.2, -0.15) is 0 Å². The van der Waals surface area contributed by atoms with Crippen molar-refractivity contribution >= 4 is 11.3 Å². The number of hydrogen-bond donors (Lipinski definition) is 1. The monoisotopic (exact) mass is 211 g/mol. The normalized spacial score (nSPS) is 21.6. The molecule has 0 amide bonds. The summed E-state index contributed by atoms with van der Waals surface area (Å²) in [6.45, 7) is 7.33. The second-order valence-corrected chi connectivity index (χ2v) is 5.40. The van der Waals surface area contributed by atoms with Gasteiger partial charge in [-0.25, -0.2) is 0 Å². The Morgan fingerprint density at radius 1 is 1.64 bits per heavy atom. The van der Waals surface area contributed by atoms with Gasteiger partial charge in [0.2, 0.25) is 0 Å². The summed E-state index contributed by atoms with van der Waals surface area (Å²) in [6.07, 6.45) is 0. The Morgan fingerprint density at radius 2 is 2.43 bits per heavy atom. The van der Waals surface area contributed by atoms with E-state index in [2.05, 4.69) is 36.7 Å². The summed E-state index contributed by atoms with van der Waals surface area (Å²) >= 11 is 1.81. The second kappa shape index (κ2) is 4.01. The van der Waals surface area contributed by atoms with Gasteiger partial charge in [-0.1, -0.05) is 13.0 Å². The molecule has 14 heavy (non-hydrogen) atoms. The molecule has 1 aromatic rings. The molecule has 1 aliphatic heterocycles. The van der Waals surface area contributed by atoms with Crippen molar-refractivity contribution in [2.24, 2.45) is 5.41 Å². The first kappa shape index (κ1) is 10.1. The summed E-state index contributed by atoms with van der Waals surface area (Å²) in [4.78, 5) is 1.41. The van der Waals surface area contributed by atoms with Crippen LogP contribution in [0.5, 0.6) is 0 Å². The molecule has 1 fully saturated rings. The summed E-state index contributed by atoms with van der Waals surface area (Å²) in [7, 11) is 0. The van der Waals surface area contributed by atoms with Crippen molar-refractivity contribution in [2.45, 2.75) is 19.9 Å². The van der Waals surface area contributed by atoms with E-state index in [9.17, 15) is 0 Å². The molecule has 2 heterocycles. The molecule has 1 atom stereocenters. The van der Waals surface area contributed by atoms with Gasteiger partial charge in [0.25, 0.3) is 0 Å². The third kappa shape index (κ3) is 2.16. The number of ether oxygens (including phenoxy) is 1. The average Bonchev–Trinajstić information content (AvgIpc) is 2.63. The molecule has 0 radical (unpaired) electrons. The van der Waals surface area contributed by atoms with Crippen molar-refractivity contribution in [3.63, 3.8) is 0 Å². The molecule has 3 heteroatoms. The summed E-state index contributed by atoms with van der Waals surface area (Å²) in [5.41, 5.74) is 0.367. The lowest BCUT2D eigenvalue weighted by molar-refractivity contribution is -0.0998. The predicted molar refractivity (Wildman–Crippen MR) is 59.7 cm³/mol. The van der Waals surface area contributed by atoms with E-state index in [1.807, 2.05) is 11.3 Å². The van der Waals surface area contributed by atoms with Gasteiger partial charge >= 0.3 is 0 Å². The largest absolute Gasteiger partial charge is 0.380 e. The number of nitrogens with one attached hydrogen (secondary N) is 1. The molecular formula is C11H17NOS. The van der Waals surface area contributed by atoms with E-state index >= 15 is 0 Å². The third-order valence-corrected chi connectivity index (χ3v) is 3.76. The van der Waals surface area contributed by atoms with Crippen LogP contribution in [-0.2, 0) is 4.74 Å². The minimum Gasteiger partial charge on any atom is -0.380 e. The summed E-state index contributed by atoms with van der Waals surface area (Å²) in [5.74, 6) is 0. The molecular weight excluding hydrogens is 194 g/mol. The van der Waals surface area contributed by atoms with Crippen LogP contribution in [0.15, 0.2) is 17.5 Å². The fourth-order valence-electron chi connectivity index (χ4n) is 1.59. The van der Waals surface area contributed by atoms with E-state index < -0.39 is 0 Å². The molecule has 0 saturated carbocycles. The minimum atomic E-state index is 0.367. The lowest BCUT2D eigenvalue weighted by atomic mass is 9.88. The van der Waals surface area contributed by atoms with E-state index in [-0.39, 0.29) is 0 Å². The van der Waals surface area contributed by atoms with Crippen molar-refractivity contribution in [3.8, 4) is 0 Å². The number of rotatable bonds is 4. The van der Waals surface area contributed by atoms with Crippen LogP contribution in [-0.4, -0.2) is 19.8 Å². The highest BCUT2D eigenvalue weighted by molar-refractivity contribution is 7.10. The Kier molecular flexibility index (Phi) is 2.91. The smallest absolute Gasteiger partial charge is 0.0554 e. The number of hydrogen-bond acceptors (Lipinski definition) is 3. The Hall–Kier alpha value is -0.380. The maximum Gasteiger partial charge on any atom is 0.0554 e. The van der Waals surface area contributed by atoms with Gasteiger partial charge in [-0.05, 0) is 18.4 Å². The Balaban J connectivity index is 1.80. The molecule has 1 aromatic heterocycles. The molecule has 0 aromatic carbocycles. The van der Waals surface area contributed by atoms with Crippen molar-refractivity contribution in [3.05, 3.63) is 22.4 Å². The van der Waals surface area contributed by atoms with Crippen LogP contribution in [0.25, 0.3) is 0 Å². The van der Waals surface area contributed by atoms with E-state index in [4.69, 9.17) is 4.74 Å². The summed E-state index contributed by atoms with van der Waals surface area (Å²) in [6, 6.07) is 4.75. The van der Waals surface area contributed by atoms with Crippen molar-refractivity contribution in [1.29, 1.82) is 0 Å². The quantitative estimate of drug-likeness (QED) is 0.826. The van der Waals surface area contributed by atoms with Crippen LogP contribution in [0.2, 0.25) is 0 Å². The van der Waals surface area contributed by atoms with Crippen molar-refractivity contribution < 1.29 is 4.74 Å².